The van der Waals surface area contributed by atoms with Crippen LogP contribution in [0.2, 0.25) is 0 Å². The Morgan fingerprint density at radius 1 is 1.29 bits per heavy atom. The molecule has 1 nitrogen and oxygen atoms in total. The average molecular weight is 223 g/mol. The van der Waals surface area contributed by atoms with Gasteiger partial charge in [0, 0.05) is 28.8 Å². The Labute approximate surface area is 104 Å². The molecule has 0 bridgehead atoms. The van der Waals surface area contributed by atoms with Gasteiger partial charge in [0.25, 0.3) is 0 Å². The summed E-state index contributed by atoms with van der Waals surface area (Å²) in [6.07, 6.45) is 17.1. The first-order valence-corrected chi connectivity index (χ1v) is 6.07. The van der Waals surface area contributed by atoms with Gasteiger partial charge in [0.15, 0.2) is 0 Å². The second-order valence-electron chi connectivity index (χ2n) is 5.10. The molecule has 0 amide bonds. The molecule has 0 aromatic carbocycles. The van der Waals surface area contributed by atoms with E-state index in [1.165, 1.54) is 0 Å². The Morgan fingerprint density at radius 2 is 2.00 bits per heavy atom. The average Bonchev–Trinajstić information content (AvgIpc) is 2.40. The topological polar surface area (TPSA) is 12.9 Å². The van der Waals surface area contributed by atoms with Crippen molar-refractivity contribution in [2.24, 2.45) is 5.41 Å². The van der Waals surface area contributed by atoms with Gasteiger partial charge in [0.1, 0.15) is 0 Å². The maximum absolute atomic E-state index is 5.57. The molecule has 0 unspecified atom stereocenters. The number of aromatic nitrogens is 1. The molecule has 0 N–H and O–H groups in total. The first kappa shape index (κ1) is 11.7. The Morgan fingerprint density at radius 3 is 2.47 bits per heavy atom. The number of hydrogen-bond donors (Lipinski definition) is 0. The summed E-state index contributed by atoms with van der Waals surface area (Å²) in [5.74, 6) is 6.06. The van der Waals surface area contributed by atoms with Crippen molar-refractivity contribution in [3.63, 3.8) is 0 Å². The van der Waals surface area contributed by atoms with Crippen LogP contribution in [0.25, 0.3) is 0 Å². The summed E-state index contributed by atoms with van der Waals surface area (Å²) in [7, 11) is 0. The molecule has 1 fully saturated rings. The van der Waals surface area contributed by atoms with Crippen molar-refractivity contribution in [2.45, 2.75) is 38.5 Å². The van der Waals surface area contributed by atoms with E-state index in [0.29, 0.717) is 5.92 Å². The Bertz CT molecular complexity index is 462. The van der Waals surface area contributed by atoms with E-state index < -0.39 is 0 Å². The van der Waals surface area contributed by atoms with Crippen molar-refractivity contribution in [2.75, 3.05) is 0 Å². The van der Waals surface area contributed by atoms with Crippen molar-refractivity contribution in [3.8, 4) is 24.7 Å². The lowest BCUT2D eigenvalue weighted by Gasteiger charge is -2.33. The Hall–Kier alpha value is -1.73. The van der Waals surface area contributed by atoms with Crippen LogP contribution >= 0.6 is 0 Å². The molecule has 1 heteroatoms. The highest BCUT2D eigenvalue weighted by atomic mass is 14.7. The molecular formula is C16H17N. The zero-order chi connectivity index (χ0) is 12.3. The SMILES string of the molecule is C#Cc1ccc(C2CCC(C)(C#C)CC2)nc1. The molecule has 0 aliphatic heterocycles. The molecule has 1 aliphatic carbocycles. The standard InChI is InChI=1S/C16H17N/c1-4-13-6-7-15(17-12-13)14-8-10-16(3,5-2)11-9-14/h1-2,6-7,12,14H,8-11H2,3H3. The zero-order valence-electron chi connectivity index (χ0n) is 10.2. The van der Waals surface area contributed by atoms with Crippen LogP contribution in [-0.4, -0.2) is 4.98 Å². The highest BCUT2D eigenvalue weighted by Gasteiger charge is 2.30. The largest absolute Gasteiger partial charge is 0.260 e. The number of rotatable bonds is 1. The quantitative estimate of drug-likeness (QED) is 0.665. The van der Waals surface area contributed by atoms with Gasteiger partial charge in [-0.2, -0.15) is 0 Å². The maximum Gasteiger partial charge on any atom is 0.0435 e. The van der Waals surface area contributed by atoms with Gasteiger partial charge in [-0.1, -0.05) is 5.92 Å². The maximum atomic E-state index is 5.57. The second-order valence-corrected chi connectivity index (χ2v) is 5.10. The van der Waals surface area contributed by atoms with Crippen LogP contribution in [-0.2, 0) is 0 Å². The molecule has 0 saturated heterocycles. The van der Waals surface area contributed by atoms with E-state index in [-0.39, 0.29) is 5.41 Å². The van der Waals surface area contributed by atoms with Crippen LogP contribution in [0.5, 0.6) is 0 Å². The fourth-order valence-corrected chi connectivity index (χ4v) is 2.43. The third kappa shape index (κ3) is 2.51. The van der Waals surface area contributed by atoms with E-state index >= 15 is 0 Å². The molecule has 1 aromatic heterocycles. The lowest BCUT2D eigenvalue weighted by molar-refractivity contribution is 0.271. The van der Waals surface area contributed by atoms with Crippen LogP contribution in [0.1, 0.15) is 49.8 Å². The first-order chi connectivity index (χ1) is 8.17. The second kappa shape index (κ2) is 4.64. The highest BCUT2D eigenvalue weighted by Crippen LogP contribution is 2.41. The lowest BCUT2D eigenvalue weighted by Crippen LogP contribution is -2.22. The van der Waals surface area contributed by atoms with Crippen molar-refractivity contribution < 1.29 is 0 Å². The molecule has 17 heavy (non-hydrogen) atoms. The van der Waals surface area contributed by atoms with Gasteiger partial charge in [0.05, 0.1) is 0 Å². The summed E-state index contributed by atoms with van der Waals surface area (Å²) in [6, 6.07) is 4.02. The van der Waals surface area contributed by atoms with E-state index in [2.05, 4.69) is 29.8 Å². The molecule has 1 saturated carbocycles. The summed E-state index contributed by atoms with van der Waals surface area (Å²) in [4.78, 5) is 4.45. The summed E-state index contributed by atoms with van der Waals surface area (Å²) in [5.41, 5.74) is 2.09. The van der Waals surface area contributed by atoms with Gasteiger partial charge in [-0.15, -0.1) is 18.8 Å². The van der Waals surface area contributed by atoms with Crippen molar-refractivity contribution in [1.82, 2.24) is 4.98 Å². The minimum Gasteiger partial charge on any atom is -0.260 e. The molecule has 1 aliphatic rings. The summed E-state index contributed by atoms with van der Waals surface area (Å²) in [6.45, 7) is 2.18. The third-order valence-corrected chi connectivity index (χ3v) is 3.81. The third-order valence-electron chi connectivity index (χ3n) is 3.81. The monoisotopic (exact) mass is 223 g/mol. The van der Waals surface area contributed by atoms with Crippen LogP contribution in [0.3, 0.4) is 0 Å². The predicted octanol–water partition coefficient (Wildman–Crippen LogP) is 3.36. The number of pyridine rings is 1. The smallest absolute Gasteiger partial charge is 0.0435 e. The van der Waals surface area contributed by atoms with Crippen molar-refractivity contribution >= 4 is 0 Å². The van der Waals surface area contributed by atoms with Crippen LogP contribution in [0.15, 0.2) is 18.3 Å². The fraction of sp³-hybridized carbons (Fsp3) is 0.438. The molecule has 0 atom stereocenters. The summed E-state index contributed by atoms with van der Waals surface area (Å²) in [5, 5.41) is 0. The van der Waals surface area contributed by atoms with Gasteiger partial charge in [-0.25, -0.2) is 0 Å². The molecule has 1 aromatic rings. The highest BCUT2D eigenvalue weighted by molar-refractivity contribution is 5.30. The minimum absolute atomic E-state index is 0.0925. The van der Waals surface area contributed by atoms with Gasteiger partial charge >= 0.3 is 0 Å². The number of hydrogen-bond acceptors (Lipinski definition) is 1. The molecule has 86 valence electrons. The fourth-order valence-electron chi connectivity index (χ4n) is 2.43. The predicted molar refractivity (Wildman–Crippen MR) is 70.3 cm³/mol. The molecular weight excluding hydrogens is 206 g/mol. The van der Waals surface area contributed by atoms with Gasteiger partial charge in [-0.05, 0) is 44.7 Å². The van der Waals surface area contributed by atoms with Crippen LogP contribution < -0.4 is 0 Å². The van der Waals surface area contributed by atoms with E-state index in [1.807, 2.05) is 6.07 Å². The number of nitrogens with zero attached hydrogens (tertiary/aromatic N) is 1. The van der Waals surface area contributed by atoms with Crippen molar-refractivity contribution in [1.29, 1.82) is 0 Å². The first-order valence-electron chi connectivity index (χ1n) is 6.07. The van der Waals surface area contributed by atoms with Gasteiger partial charge in [-0.3, -0.25) is 4.98 Å². The molecule has 0 spiro atoms. The summed E-state index contributed by atoms with van der Waals surface area (Å²) >= 11 is 0. The van der Waals surface area contributed by atoms with Gasteiger partial charge < -0.3 is 0 Å². The van der Waals surface area contributed by atoms with Crippen molar-refractivity contribution in [3.05, 3.63) is 29.6 Å². The molecule has 0 radical (unpaired) electrons. The van der Waals surface area contributed by atoms with Crippen LogP contribution in [0, 0.1) is 30.1 Å². The molecule has 1 heterocycles. The Balaban J connectivity index is 2.06. The van der Waals surface area contributed by atoms with Gasteiger partial charge in [0.2, 0.25) is 0 Å². The normalized spacial score (nSPS) is 28.1. The van der Waals surface area contributed by atoms with E-state index in [9.17, 15) is 0 Å². The number of terminal acetylenes is 2. The lowest BCUT2D eigenvalue weighted by atomic mass is 9.71. The van der Waals surface area contributed by atoms with Crippen LogP contribution in [0.4, 0.5) is 0 Å². The zero-order valence-corrected chi connectivity index (χ0v) is 10.2. The van der Waals surface area contributed by atoms with E-state index in [4.69, 9.17) is 12.8 Å². The van der Waals surface area contributed by atoms with E-state index in [0.717, 1.165) is 36.9 Å². The summed E-state index contributed by atoms with van der Waals surface area (Å²) < 4.78 is 0. The minimum atomic E-state index is 0.0925. The Kier molecular flexibility index (Phi) is 3.21. The van der Waals surface area contributed by atoms with E-state index in [1.54, 1.807) is 6.20 Å². The molecule has 2 rings (SSSR count).